The average Bonchev–Trinajstić information content (AvgIpc) is 3.00. The molecule has 3 rings (SSSR count). The van der Waals surface area contributed by atoms with E-state index < -0.39 is 0 Å². The van der Waals surface area contributed by atoms with Crippen LogP contribution in [-0.4, -0.2) is 22.2 Å². The summed E-state index contributed by atoms with van der Waals surface area (Å²) in [6, 6.07) is 17.0. The van der Waals surface area contributed by atoms with Crippen LogP contribution in [0.15, 0.2) is 60.7 Å². The first-order valence-corrected chi connectivity index (χ1v) is 8.07. The minimum Gasteiger partial charge on any atom is -0.384 e. The number of halogens is 1. The van der Waals surface area contributed by atoms with Crippen molar-refractivity contribution >= 4 is 11.7 Å². The van der Waals surface area contributed by atoms with E-state index >= 15 is 0 Å². The first kappa shape index (κ1) is 16.7. The lowest BCUT2D eigenvalue weighted by Gasteiger charge is -2.04. The molecule has 1 amide bonds. The molecule has 0 aliphatic rings. The SMILES string of the molecule is Nc1cc(CCCNC(=O)c2ccc(F)cc2)nn1-c1ccccc1. The monoisotopic (exact) mass is 338 g/mol. The molecule has 0 aliphatic heterocycles. The maximum Gasteiger partial charge on any atom is 0.251 e. The number of hydrogen-bond donors (Lipinski definition) is 2. The number of rotatable bonds is 6. The van der Waals surface area contributed by atoms with Gasteiger partial charge in [-0.2, -0.15) is 5.10 Å². The third-order valence-electron chi connectivity index (χ3n) is 3.79. The maximum absolute atomic E-state index is 12.9. The van der Waals surface area contributed by atoms with Gasteiger partial charge in [0, 0.05) is 18.2 Å². The number of carbonyl (C=O) groups excluding carboxylic acids is 1. The van der Waals surface area contributed by atoms with Crippen molar-refractivity contribution in [1.82, 2.24) is 15.1 Å². The van der Waals surface area contributed by atoms with E-state index in [2.05, 4.69) is 10.4 Å². The van der Waals surface area contributed by atoms with Crippen LogP contribution in [0.2, 0.25) is 0 Å². The molecule has 0 saturated carbocycles. The molecule has 3 N–H and O–H groups in total. The van der Waals surface area contributed by atoms with E-state index in [1.807, 2.05) is 36.4 Å². The lowest BCUT2D eigenvalue weighted by Crippen LogP contribution is -2.24. The third kappa shape index (κ3) is 4.23. The van der Waals surface area contributed by atoms with E-state index in [-0.39, 0.29) is 11.7 Å². The van der Waals surface area contributed by atoms with Crippen molar-refractivity contribution in [2.75, 3.05) is 12.3 Å². The Labute approximate surface area is 145 Å². The van der Waals surface area contributed by atoms with Gasteiger partial charge < -0.3 is 11.1 Å². The largest absolute Gasteiger partial charge is 0.384 e. The Morgan fingerprint density at radius 1 is 1.12 bits per heavy atom. The van der Waals surface area contributed by atoms with Gasteiger partial charge in [0.05, 0.1) is 11.4 Å². The molecule has 0 atom stereocenters. The van der Waals surface area contributed by atoms with E-state index in [0.717, 1.165) is 17.8 Å². The summed E-state index contributed by atoms with van der Waals surface area (Å²) in [4.78, 5) is 11.9. The van der Waals surface area contributed by atoms with Crippen molar-refractivity contribution in [3.05, 3.63) is 77.7 Å². The molecule has 25 heavy (non-hydrogen) atoms. The minimum atomic E-state index is -0.358. The molecule has 3 aromatic rings. The number of nitrogens with zero attached hydrogens (tertiary/aromatic N) is 2. The van der Waals surface area contributed by atoms with E-state index in [1.54, 1.807) is 4.68 Å². The van der Waals surface area contributed by atoms with Gasteiger partial charge in [-0.3, -0.25) is 4.79 Å². The number of amides is 1. The zero-order chi connectivity index (χ0) is 17.6. The highest BCUT2D eigenvalue weighted by atomic mass is 19.1. The highest BCUT2D eigenvalue weighted by molar-refractivity contribution is 5.94. The van der Waals surface area contributed by atoms with Crippen LogP contribution in [0.3, 0.4) is 0 Å². The van der Waals surface area contributed by atoms with Crippen molar-refractivity contribution in [2.45, 2.75) is 12.8 Å². The predicted octanol–water partition coefficient (Wildman–Crippen LogP) is 2.96. The van der Waals surface area contributed by atoms with Crippen LogP contribution >= 0.6 is 0 Å². The van der Waals surface area contributed by atoms with Gasteiger partial charge >= 0.3 is 0 Å². The topological polar surface area (TPSA) is 72.9 Å². The number of benzene rings is 2. The summed E-state index contributed by atoms with van der Waals surface area (Å²) in [5.41, 5.74) is 8.24. The van der Waals surface area contributed by atoms with Gasteiger partial charge in [0.1, 0.15) is 11.6 Å². The van der Waals surface area contributed by atoms with Gasteiger partial charge in [0.15, 0.2) is 0 Å². The lowest BCUT2D eigenvalue weighted by atomic mass is 10.2. The fraction of sp³-hybridized carbons (Fsp3) is 0.158. The number of aryl methyl sites for hydroxylation is 1. The van der Waals surface area contributed by atoms with Crippen LogP contribution in [0.25, 0.3) is 5.69 Å². The smallest absolute Gasteiger partial charge is 0.251 e. The quantitative estimate of drug-likeness (QED) is 0.679. The summed E-state index contributed by atoms with van der Waals surface area (Å²) >= 11 is 0. The first-order valence-electron chi connectivity index (χ1n) is 8.07. The molecule has 0 bridgehead atoms. The number of anilines is 1. The van der Waals surface area contributed by atoms with Crippen LogP contribution in [0.4, 0.5) is 10.2 Å². The maximum atomic E-state index is 12.9. The molecule has 1 aromatic heterocycles. The number of nitrogens with one attached hydrogen (secondary N) is 1. The van der Waals surface area contributed by atoms with Gasteiger partial charge in [-0.05, 0) is 49.2 Å². The molecule has 5 nitrogen and oxygen atoms in total. The summed E-state index contributed by atoms with van der Waals surface area (Å²) in [6.45, 7) is 0.508. The normalized spacial score (nSPS) is 10.6. The van der Waals surface area contributed by atoms with Crippen molar-refractivity contribution in [2.24, 2.45) is 0 Å². The van der Waals surface area contributed by atoms with E-state index in [4.69, 9.17) is 5.73 Å². The fourth-order valence-corrected chi connectivity index (χ4v) is 2.52. The molecule has 1 heterocycles. The molecule has 0 fully saturated rings. The van der Waals surface area contributed by atoms with Crippen molar-refractivity contribution in [1.29, 1.82) is 0 Å². The van der Waals surface area contributed by atoms with Crippen molar-refractivity contribution in [3.63, 3.8) is 0 Å². The molecule has 0 spiro atoms. The van der Waals surface area contributed by atoms with E-state index in [9.17, 15) is 9.18 Å². The second-order valence-corrected chi connectivity index (χ2v) is 5.67. The second kappa shape index (κ2) is 7.61. The summed E-state index contributed by atoms with van der Waals surface area (Å²) in [5, 5.41) is 7.32. The lowest BCUT2D eigenvalue weighted by molar-refractivity contribution is 0.0953. The number of para-hydroxylation sites is 1. The predicted molar refractivity (Wildman–Crippen MR) is 95.0 cm³/mol. The molecule has 0 aliphatic carbocycles. The van der Waals surface area contributed by atoms with Crippen LogP contribution in [0.5, 0.6) is 0 Å². The van der Waals surface area contributed by atoms with E-state index in [1.165, 1.54) is 24.3 Å². The highest BCUT2D eigenvalue weighted by Gasteiger charge is 2.08. The molecule has 2 aromatic carbocycles. The van der Waals surface area contributed by atoms with Gasteiger partial charge in [-0.15, -0.1) is 0 Å². The number of nitrogen functional groups attached to an aromatic ring is 1. The van der Waals surface area contributed by atoms with Crippen LogP contribution < -0.4 is 11.1 Å². The first-order chi connectivity index (χ1) is 12.1. The van der Waals surface area contributed by atoms with Crippen molar-refractivity contribution < 1.29 is 9.18 Å². The Morgan fingerprint density at radius 3 is 2.56 bits per heavy atom. The van der Waals surface area contributed by atoms with Gasteiger partial charge in [-0.25, -0.2) is 9.07 Å². The Kier molecular flexibility index (Phi) is 5.09. The summed E-state index contributed by atoms with van der Waals surface area (Å²) in [5.74, 6) is 0.00835. The number of hydrogen-bond acceptors (Lipinski definition) is 3. The number of carbonyl (C=O) groups is 1. The Balaban J connectivity index is 1.51. The number of aromatic nitrogens is 2. The molecule has 6 heteroatoms. The molecular weight excluding hydrogens is 319 g/mol. The summed E-state index contributed by atoms with van der Waals surface area (Å²) < 4.78 is 14.6. The Morgan fingerprint density at radius 2 is 1.84 bits per heavy atom. The van der Waals surface area contributed by atoms with Gasteiger partial charge in [0.2, 0.25) is 0 Å². The highest BCUT2D eigenvalue weighted by Crippen LogP contribution is 2.15. The zero-order valence-corrected chi connectivity index (χ0v) is 13.7. The van der Waals surface area contributed by atoms with Crippen LogP contribution in [0.1, 0.15) is 22.5 Å². The zero-order valence-electron chi connectivity index (χ0n) is 13.7. The summed E-state index contributed by atoms with van der Waals surface area (Å²) in [7, 11) is 0. The van der Waals surface area contributed by atoms with Crippen molar-refractivity contribution in [3.8, 4) is 5.69 Å². The third-order valence-corrected chi connectivity index (χ3v) is 3.79. The molecule has 0 radical (unpaired) electrons. The van der Waals surface area contributed by atoms with E-state index in [0.29, 0.717) is 24.3 Å². The van der Waals surface area contributed by atoms with Gasteiger partial charge in [0.25, 0.3) is 5.91 Å². The molecular formula is C19H19FN4O. The Bertz CT molecular complexity index is 844. The molecule has 0 unspecified atom stereocenters. The second-order valence-electron chi connectivity index (χ2n) is 5.67. The van der Waals surface area contributed by atoms with Gasteiger partial charge in [-0.1, -0.05) is 18.2 Å². The Hall–Kier alpha value is -3.15. The average molecular weight is 338 g/mol. The summed E-state index contributed by atoms with van der Waals surface area (Å²) in [6.07, 6.45) is 1.44. The van der Waals surface area contributed by atoms with Crippen LogP contribution in [-0.2, 0) is 6.42 Å². The standard InChI is InChI=1S/C19H19FN4O/c20-15-10-8-14(9-11-15)19(25)22-12-4-5-16-13-18(21)24(23-16)17-6-2-1-3-7-17/h1-3,6-11,13H,4-5,12,21H2,(H,22,25). The number of nitrogens with two attached hydrogens (primary N) is 1. The molecule has 128 valence electrons. The molecule has 0 saturated heterocycles. The fourth-order valence-electron chi connectivity index (χ4n) is 2.52. The minimum absolute atomic E-state index is 0.214. The van der Waals surface area contributed by atoms with Crippen LogP contribution in [0, 0.1) is 5.82 Å².